The first-order chi connectivity index (χ1) is 13.3. The first kappa shape index (κ1) is 20.0. The fourth-order valence-electron chi connectivity index (χ4n) is 3.70. The summed E-state index contributed by atoms with van der Waals surface area (Å²) < 4.78 is 14.8. The van der Waals surface area contributed by atoms with Crippen molar-refractivity contribution in [3.63, 3.8) is 0 Å². The van der Waals surface area contributed by atoms with Crippen molar-refractivity contribution in [2.75, 3.05) is 13.1 Å². The summed E-state index contributed by atoms with van der Waals surface area (Å²) in [5, 5.41) is 4.26. The van der Waals surface area contributed by atoms with Crippen LogP contribution in [-0.2, 0) is 18.4 Å². The molecule has 0 aliphatic carbocycles. The Morgan fingerprint density at radius 1 is 1.29 bits per heavy atom. The molecule has 150 valence electrons. The fourth-order valence-corrected chi connectivity index (χ4v) is 3.70. The number of hydrogen-bond acceptors (Lipinski definition) is 3. The van der Waals surface area contributed by atoms with E-state index in [0.717, 1.165) is 5.56 Å². The predicted octanol–water partition coefficient (Wildman–Crippen LogP) is 2.77. The van der Waals surface area contributed by atoms with Crippen LogP contribution < -0.4 is 0 Å². The lowest BCUT2D eigenvalue weighted by Crippen LogP contribution is -2.47. The number of aromatic nitrogens is 2. The summed E-state index contributed by atoms with van der Waals surface area (Å²) in [6, 6.07) is 6.10. The van der Waals surface area contributed by atoms with Crippen LogP contribution in [0.5, 0.6) is 0 Å². The van der Waals surface area contributed by atoms with Gasteiger partial charge in [0.25, 0.3) is 5.91 Å². The molecule has 1 saturated heterocycles. The van der Waals surface area contributed by atoms with Crippen molar-refractivity contribution in [3.8, 4) is 0 Å². The van der Waals surface area contributed by atoms with Crippen molar-refractivity contribution >= 4 is 11.8 Å². The van der Waals surface area contributed by atoms with Crippen LogP contribution in [0.3, 0.4) is 0 Å². The lowest BCUT2D eigenvalue weighted by atomic mass is 10.0. The molecule has 0 saturated carbocycles. The molecule has 2 heterocycles. The van der Waals surface area contributed by atoms with Gasteiger partial charge in [-0.15, -0.1) is 0 Å². The Morgan fingerprint density at radius 2 is 1.96 bits per heavy atom. The van der Waals surface area contributed by atoms with Crippen molar-refractivity contribution in [3.05, 3.63) is 53.1 Å². The Kier molecular flexibility index (Phi) is 5.82. The van der Waals surface area contributed by atoms with E-state index in [2.05, 4.69) is 18.9 Å². The molecule has 1 fully saturated rings. The van der Waals surface area contributed by atoms with Crippen LogP contribution >= 0.6 is 0 Å². The van der Waals surface area contributed by atoms with E-state index in [0.29, 0.717) is 30.9 Å². The van der Waals surface area contributed by atoms with Crippen LogP contribution in [0.25, 0.3) is 0 Å². The summed E-state index contributed by atoms with van der Waals surface area (Å²) in [5.41, 5.74) is 2.14. The maximum atomic E-state index is 13.2. The van der Waals surface area contributed by atoms with E-state index >= 15 is 0 Å². The number of amides is 2. The Morgan fingerprint density at radius 3 is 2.54 bits per heavy atom. The summed E-state index contributed by atoms with van der Waals surface area (Å²) >= 11 is 0. The molecule has 2 aromatic rings. The third-order valence-corrected chi connectivity index (χ3v) is 5.29. The van der Waals surface area contributed by atoms with E-state index in [1.165, 1.54) is 12.1 Å². The van der Waals surface area contributed by atoms with Gasteiger partial charge >= 0.3 is 0 Å². The van der Waals surface area contributed by atoms with Gasteiger partial charge in [-0.2, -0.15) is 5.10 Å². The van der Waals surface area contributed by atoms with Crippen LogP contribution in [0.15, 0.2) is 30.5 Å². The molecule has 28 heavy (non-hydrogen) atoms. The van der Waals surface area contributed by atoms with Gasteiger partial charge in [-0.1, -0.05) is 26.0 Å². The molecule has 1 aliphatic heterocycles. The molecule has 0 radical (unpaired) electrons. The monoisotopic (exact) mass is 386 g/mol. The molecule has 1 aliphatic rings. The second-order valence-electron chi connectivity index (χ2n) is 7.76. The summed E-state index contributed by atoms with van der Waals surface area (Å²) in [5.74, 6) is -0.198. The zero-order valence-corrected chi connectivity index (χ0v) is 16.9. The second-order valence-corrected chi connectivity index (χ2v) is 7.76. The molecule has 7 heteroatoms. The van der Waals surface area contributed by atoms with Crippen molar-refractivity contribution in [2.24, 2.45) is 13.0 Å². The van der Waals surface area contributed by atoms with E-state index < -0.39 is 0 Å². The minimum absolute atomic E-state index is 0.0150. The Labute approximate surface area is 164 Å². The van der Waals surface area contributed by atoms with Crippen LogP contribution in [0, 0.1) is 18.7 Å². The summed E-state index contributed by atoms with van der Waals surface area (Å²) in [6.45, 7) is 7.19. The summed E-state index contributed by atoms with van der Waals surface area (Å²) in [6.07, 6.45) is 2.00. The summed E-state index contributed by atoms with van der Waals surface area (Å²) in [7, 11) is 1.79. The molecule has 1 aromatic carbocycles. The maximum Gasteiger partial charge on any atom is 0.257 e. The highest BCUT2D eigenvalue weighted by Crippen LogP contribution is 2.22. The molecule has 2 amide bonds. The number of aryl methyl sites for hydroxylation is 2. The zero-order valence-electron chi connectivity index (χ0n) is 16.9. The number of carbonyl (C=O) groups excluding carboxylic acids is 2. The molecule has 6 nitrogen and oxygen atoms in total. The lowest BCUT2D eigenvalue weighted by molar-refractivity contribution is -0.134. The highest BCUT2D eigenvalue weighted by Gasteiger charge is 2.34. The molecule has 0 bridgehead atoms. The van der Waals surface area contributed by atoms with Gasteiger partial charge in [0, 0.05) is 39.3 Å². The Bertz CT molecular complexity index is 860. The normalized spacial score (nSPS) is 17.9. The first-order valence-corrected chi connectivity index (χ1v) is 9.59. The highest BCUT2D eigenvalue weighted by atomic mass is 19.1. The minimum atomic E-state index is -0.296. The molecular weight excluding hydrogens is 359 g/mol. The average Bonchev–Trinajstić information content (AvgIpc) is 2.89. The summed E-state index contributed by atoms with van der Waals surface area (Å²) in [4.78, 5) is 29.5. The van der Waals surface area contributed by atoms with Crippen LogP contribution in [0.2, 0.25) is 0 Å². The van der Waals surface area contributed by atoms with E-state index in [1.807, 2.05) is 11.8 Å². The molecule has 0 N–H and O–H groups in total. The zero-order chi connectivity index (χ0) is 20.4. The largest absolute Gasteiger partial charge is 0.336 e. The number of halogens is 1. The van der Waals surface area contributed by atoms with Gasteiger partial charge in [-0.3, -0.25) is 14.3 Å². The molecule has 0 spiro atoms. The topological polar surface area (TPSA) is 58.4 Å². The molecule has 1 atom stereocenters. The van der Waals surface area contributed by atoms with E-state index in [9.17, 15) is 14.0 Å². The van der Waals surface area contributed by atoms with Crippen molar-refractivity contribution in [2.45, 2.75) is 39.8 Å². The number of benzene rings is 1. The minimum Gasteiger partial charge on any atom is -0.336 e. The molecular formula is C21H27FN4O2. The second kappa shape index (κ2) is 8.12. The number of nitrogens with zero attached hydrogens (tertiary/aromatic N) is 4. The third kappa shape index (κ3) is 4.24. The van der Waals surface area contributed by atoms with E-state index in [1.54, 1.807) is 35.0 Å². The molecule has 0 unspecified atom stereocenters. The predicted molar refractivity (Wildman–Crippen MR) is 104 cm³/mol. The first-order valence-electron chi connectivity index (χ1n) is 9.59. The highest BCUT2D eigenvalue weighted by molar-refractivity contribution is 5.95. The molecule has 3 rings (SSSR count). The van der Waals surface area contributed by atoms with E-state index in [-0.39, 0.29) is 36.0 Å². The van der Waals surface area contributed by atoms with Gasteiger partial charge in [0.05, 0.1) is 17.3 Å². The maximum absolute atomic E-state index is 13.2. The van der Waals surface area contributed by atoms with Gasteiger partial charge in [0.2, 0.25) is 5.91 Å². The number of rotatable bonds is 4. The van der Waals surface area contributed by atoms with Crippen molar-refractivity contribution in [1.82, 2.24) is 19.6 Å². The van der Waals surface area contributed by atoms with Gasteiger partial charge in [0.1, 0.15) is 5.82 Å². The smallest absolute Gasteiger partial charge is 0.257 e. The van der Waals surface area contributed by atoms with Crippen molar-refractivity contribution < 1.29 is 14.0 Å². The van der Waals surface area contributed by atoms with Gasteiger partial charge in [-0.25, -0.2) is 4.39 Å². The van der Waals surface area contributed by atoms with E-state index in [4.69, 9.17) is 0 Å². The lowest BCUT2D eigenvalue weighted by Gasteiger charge is -2.34. The fraction of sp³-hybridized carbons (Fsp3) is 0.476. The van der Waals surface area contributed by atoms with Crippen LogP contribution in [0.4, 0.5) is 4.39 Å². The van der Waals surface area contributed by atoms with Gasteiger partial charge in [-0.05, 0) is 30.5 Å². The quantitative estimate of drug-likeness (QED) is 0.812. The van der Waals surface area contributed by atoms with Crippen molar-refractivity contribution in [1.29, 1.82) is 0 Å². The molecule has 1 aromatic heterocycles. The van der Waals surface area contributed by atoms with Crippen LogP contribution in [-0.4, -0.2) is 50.5 Å². The van der Waals surface area contributed by atoms with Gasteiger partial charge in [0.15, 0.2) is 0 Å². The average molecular weight is 386 g/mol. The van der Waals surface area contributed by atoms with Crippen LogP contribution in [0.1, 0.15) is 41.9 Å². The SMILES string of the molecule is Cc1nn(C)cc1C(=O)N1CCC(=O)N(Cc2ccc(F)cc2)[C@H](C(C)C)C1. The van der Waals surface area contributed by atoms with Gasteiger partial charge < -0.3 is 9.80 Å². The number of carbonyl (C=O) groups is 2. The Balaban J connectivity index is 1.84. The standard InChI is InChI=1S/C21H27FN4O2/c1-14(2)19-13-25(21(28)18-12-24(4)23-15(18)3)10-9-20(27)26(19)11-16-5-7-17(22)8-6-16/h5-8,12,14,19H,9-11,13H2,1-4H3/t19-/m0/s1. The third-order valence-electron chi connectivity index (χ3n) is 5.29. The number of hydrogen-bond donors (Lipinski definition) is 0. The Hall–Kier alpha value is -2.70.